The third-order valence-corrected chi connectivity index (χ3v) is 4.26. The summed E-state index contributed by atoms with van der Waals surface area (Å²) < 4.78 is 32.1. The zero-order chi connectivity index (χ0) is 20.9. The molecule has 0 fully saturated rings. The molecule has 0 aliphatic carbocycles. The van der Waals surface area contributed by atoms with Crippen LogP contribution in [0.1, 0.15) is 43.9 Å². The molecule has 2 heterocycles. The van der Waals surface area contributed by atoms with Gasteiger partial charge in [0.2, 0.25) is 5.88 Å². The van der Waals surface area contributed by atoms with Crippen molar-refractivity contribution >= 4 is 17.1 Å². The van der Waals surface area contributed by atoms with E-state index in [-0.39, 0.29) is 12.2 Å². The summed E-state index contributed by atoms with van der Waals surface area (Å²) in [5.74, 6) is -2.36. The van der Waals surface area contributed by atoms with Gasteiger partial charge >= 0.3 is 0 Å². The van der Waals surface area contributed by atoms with Gasteiger partial charge in [0.1, 0.15) is 13.2 Å². The van der Waals surface area contributed by atoms with Crippen LogP contribution in [-0.2, 0) is 17.4 Å². The lowest BCUT2D eigenvalue weighted by atomic mass is 10.1. The van der Waals surface area contributed by atoms with E-state index in [1.54, 1.807) is 31.3 Å². The number of rotatable bonds is 8. The van der Waals surface area contributed by atoms with Gasteiger partial charge in [-0.05, 0) is 25.5 Å². The standard InChI is InChI=1S/C21H22F2N4O2/c1-14-10-19(26-25-14)13-28-20-9-6-17(11-24-20)15(2)27-29-12-16-4-7-18(8-5-16)21(3,22)23/h4-9,11H,10,12-13H2,1-3H3/b27-15+. The van der Waals surface area contributed by atoms with Gasteiger partial charge in [0.15, 0.2) is 0 Å². The highest BCUT2D eigenvalue weighted by atomic mass is 19.3. The molecule has 152 valence electrons. The first-order chi connectivity index (χ1) is 13.8. The van der Waals surface area contributed by atoms with Crippen molar-refractivity contribution < 1.29 is 18.4 Å². The molecule has 0 amide bonds. The van der Waals surface area contributed by atoms with Crippen molar-refractivity contribution in [3.05, 3.63) is 59.3 Å². The summed E-state index contributed by atoms with van der Waals surface area (Å²) in [6, 6.07) is 9.58. The minimum absolute atomic E-state index is 0.0306. The van der Waals surface area contributed by atoms with Gasteiger partial charge in [-0.25, -0.2) is 13.8 Å². The molecule has 1 aliphatic heterocycles. The molecule has 3 rings (SSSR count). The summed E-state index contributed by atoms with van der Waals surface area (Å²) in [5.41, 5.74) is 4.00. The van der Waals surface area contributed by atoms with Crippen molar-refractivity contribution in [3.8, 4) is 5.88 Å². The van der Waals surface area contributed by atoms with Gasteiger partial charge in [0, 0.05) is 42.4 Å². The number of hydrogen-bond acceptors (Lipinski definition) is 6. The Bertz CT molecular complexity index is 931. The Morgan fingerprint density at radius 1 is 1.10 bits per heavy atom. The van der Waals surface area contributed by atoms with Gasteiger partial charge in [-0.3, -0.25) is 0 Å². The van der Waals surface area contributed by atoms with Gasteiger partial charge in [0.05, 0.1) is 11.4 Å². The van der Waals surface area contributed by atoms with Crippen LogP contribution >= 0.6 is 0 Å². The van der Waals surface area contributed by atoms with Crippen molar-refractivity contribution in [2.24, 2.45) is 15.4 Å². The maximum absolute atomic E-state index is 13.2. The molecule has 1 aliphatic rings. The second kappa shape index (κ2) is 8.89. The van der Waals surface area contributed by atoms with Gasteiger partial charge in [-0.15, -0.1) is 0 Å². The fourth-order valence-electron chi connectivity index (χ4n) is 2.59. The van der Waals surface area contributed by atoms with Crippen molar-refractivity contribution in [2.45, 2.75) is 39.7 Å². The summed E-state index contributed by atoms with van der Waals surface area (Å²) in [6.45, 7) is 5.13. The van der Waals surface area contributed by atoms with Crippen LogP contribution in [0, 0.1) is 0 Å². The Hall–Kier alpha value is -3.16. The molecule has 0 N–H and O–H groups in total. The Morgan fingerprint density at radius 2 is 1.86 bits per heavy atom. The Morgan fingerprint density at radius 3 is 2.45 bits per heavy atom. The minimum atomic E-state index is -2.85. The summed E-state index contributed by atoms with van der Waals surface area (Å²) in [7, 11) is 0. The van der Waals surface area contributed by atoms with Crippen molar-refractivity contribution in [3.63, 3.8) is 0 Å². The highest BCUT2D eigenvalue weighted by Crippen LogP contribution is 2.26. The van der Waals surface area contributed by atoms with Crippen LogP contribution in [0.3, 0.4) is 0 Å². The number of benzene rings is 1. The van der Waals surface area contributed by atoms with Crippen LogP contribution in [0.2, 0.25) is 0 Å². The molecule has 0 bridgehead atoms. The normalized spacial score (nSPS) is 14.4. The second-order valence-corrected chi connectivity index (χ2v) is 6.89. The minimum Gasteiger partial charge on any atom is -0.471 e. The average molecular weight is 400 g/mol. The zero-order valence-corrected chi connectivity index (χ0v) is 16.5. The molecule has 1 aromatic heterocycles. The molecule has 0 saturated heterocycles. The molecule has 8 heteroatoms. The number of halogens is 2. The van der Waals surface area contributed by atoms with E-state index >= 15 is 0 Å². The topological polar surface area (TPSA) is 68.4 Å². The lowest BCUT2D eigenvalue weighted by Crippen LogP contribution is -2.12. The van der Waals surface area contributed by atoms with Crippen molar-refractivity contribution in [1.82, 2.24) is 4.98 Å². The predicted octanol–water partition coefficient (Wildman–Crippen LogP) is 4.73. The van der Waals surface area contributed by atoms with E-state index in [2.05, 4.69) is 20.3 Å². The number of oxime groups is 1. The summed E-state index contributed by atoms with van der Waals surface area (Å²) in [6.07, 6.45) is 2.37. The van der Waals surface area contributed by atoms with Gasteiger partial charge in [0.25, 0.3) is 5.92 Å². The van der Waals surface area contributed by atoms with Gasteiger partial charge in [-0.1, -0.05) is 29.4 Å². The van der Waals surface area contributed by atoms with E-state index in [0.717, 1.165) is 35.9 Å². The highest BCUT2D eigenvalue weighted by Gasteiger charge is 2.23. The number of alkyl halides is 2. The molecule has 1 aromatic carbocycles. The van der Waals surface area contributed by atoms with Crippen LogP contribution in [0.15, 0.2) is 58.0 Å². The third kappa shape index (κ3) is 5.91. The molecule has 6 nitrogen and oxygen atoms in total. The average Bonchev–Trinajstić information content (AvgIpc) is 3.11. The zero-order valence-electron chi connectivity index (χ0n) is 16.5. The molecule has 0 spiro atoms. The van der Waals surface area contributed by atoms with Gasteiger partial charge < -0.3 is 9.57 Å². The maximum atomic E-state index is 13.2. The number of pyridine rings is 1. The SMILES string of the molecule is CC1=NN=C(COc2ccc(/C(C)=N/OCc3ccc(C(C)(F)F)cc3)cn2)C1. The van der Waals surface area contributed by atoms with E-state index in [0.29, 0.717) is 18.2 Å². The first-order valence-corrected chi connectivity index (χ1v) is 9.13. The van der Waals surface area contributed by atoms with Crippen molar-refractivity contribution in [1.29, 1.82) is 0 Å². The van der Waals surface area contributed by atoms with E-state index in [4.69, 9.17) is 9.57 Å². The largest absolute Gasteiger partial charge is 0.471 e. The summed E-state index contributed by atoms with van der Waals surface area (Å²) >= 11 is 0. The Balaban J connectivity index is 1.49. The first-order valence-electron chi connectivity index (χ1n) is 9.13. The Kier molecular flexibility index (Phi) is 6.31. The fraction of sp³-hybridized carbons (Fsp3) is 0.333. The van der Waals surface area contributed by atoms with E-state index in [1.165, 1.54) is 12.1 Å². The monoisotopic (exact) mass is 400 g/mol. The molecular formula is C21H22F2N4O2. The lowest BCUT2D eigenvalue weighted by Gasteiger charge is -2.10. The molecule has 2 aromatic rings. The number of hydrogen-bond donors (Lipinski definition) is 0. The van der Waals surface area contributed by atoms with Crippen LogP contribution in [-0.4, -0.2) is 28.7 Å². The second-order valence-electron chi connectivity index (χ2n) is 6.89. The van der Waals surface area contributed by atoms with E-state index < -0.39 is 5.92 Å². The van der Waals surface area contributed by atoms with Crippen LogP contribution in [0.25, 0.3) is 0 Å². The molecule has 0 atom stereocenters. The number of nitrogens with zero attached hydrogens (tertiary/aromatic N) is 4. The van der Waals surface area contributed by atoms with E-state index in [9.17, 15) is 8.78 Å². The van der Waals surface area contributed by atoms with Crippen LogP contribution in [0.4, 0.5) is 8.78 Å². The number of aromatic nitrogens is 1. The molecular weight excluding hydrogens is 378 g/mol. The van der Waals surface area contributed by atoms with Crippen molar-refractivity contribution in [2.75, 3.05) is 6.61 Å². The van der Waals surface area contributed by atoms with E-state index in [1.807, 2.05) is 13.0 Å². The maximum Gasteiger partial charge on any atom is 0.270 e. The smallest absolute Gasteiger partial charge is 0.270 e. The fourth-order valence-corrected chi connectivity index (χ4v) is 2.59. The summed E-state index contributed by atoms with van der Waals surface area (Å²) in [4.78, 5) is 9.59. The molecule has 29 heavy (non-hydrogen) atoms. The lowest BCUT2D eigenvalue weighted by molar-refractivity contribution is 0.0174. The highest BCUT2D eigenvalue weighted by molar-refractivity contribution is 6.07. The third-order valence-electron chi connectivity index (χ3n) is 4.26. The first kappa shape index (κ1) is 20.6. The Labute approximate surface area is 168 Å². The summed E-state index contributed by atoms with van der Waals surface area (Å²) in [5, 5.41) is 12.1. The predicted molar refractivity (Wildman–Crippen MR) is 108 cm³/mol. The quantitative estimate of drug-likeness (QED) is 0.475. The molecule has 0 saturated carbocycles. The van der Waals surface area contributed by atoms with Crippen LogP contribution in [0.5, 0.6) is 5.88 Å². The molecule has 0 unspecified atom stereocenters. The van der Waals surface area contributed by atoms with Crippen LogP contribution < -0.4 is 4.74 Å². The molecule has 0 radical (unpaired) electrons. The van der Waals surface area contributed by atoms with Gasteiger partial charge in [-0.2, -0.15) is 10.2 Å². The number of ether oxygens (including phenoxy) is 1.